The molecule has 1 fully saturated rings. The van der Waals surface area contributed by atoms with Crippen LogP contribution in [0.25, 0.3) is 0 Å². The molecule has 0 unspecified atom stereocenters. The maximum absolute atomic E-state index is 3.80. The second-order valence-electron chi connectivity index (χ2n) is 4.52. The van der Waals surface area contributed by atoms with Crippen molar-refractivity contribution in [1.82, 2.24) is 5.32 Å². The highest BCUT2D eigenvalue weighted by molar-refractivity contribution is 4.88. The van der Waals surface area contributed by atoms with E-state index in [-0.39, 0.29) is 5.48 Å². The molecule has 2 heteroatoms. The lowest BCUT2D eigenvalue weighted by Crippen LogP contribution is -2.44. The van der Waals surface area contributed by atoms with Crippen molar-refractivity contribution in [3.05, 3.63) is 0 Å². The predicted octanol–water partition coefficient (Wildman–Crippen LogP) is 2.66. The molecule has 14 heavy (non-hydrogen) atoms. The fourth-order valence-corrected chi connectivity index (χ4v) is 2.72. The van der Waals surface area contributed by atoms with Gasteiger partial charge in [0.05, 0.1) is 0 Å². The summed E-state index contributed by atoms with van der Waals surface area (Å²) in [4.78, 5) is 0. The summed E-state index contributed by atoms with van der Waals surface area (Å²) in [7, 11) is 0. The third-order valence-electron chi connectivity index (χ3n) is 3.29. The van der Waals surface area contributed by atoms with Gasteiger partial charge < -0.3 is 10.8 Å². The van der Waals surface area contributed by atoms with Crippen molar-refractivity contribution in [3.8, 4) is 0 Å². The summed E-state index contributed by atoms with van der Waals surface area (Å²) in [6.07, 6.45) is 11.1. The van der Waals surface area contributed by atoms with Gasteiger partial charge in [0.15, 0.2) is 0 Å². The Balaban J connectivity index is 0.00000169. The lowest BCUT2D eigenvalue weighted by atomic mass is 9.84. The van der Waals surface area contributed by atoms with E-state index >= 15 is 0 Å². The highest BCUT2D eigenvalue weighted by atomic mass is 16.0. The standard InChI is InChI=1S/C12H25N.H2O/c1-3-8-12(9-4-2)10-6-5-7-11-13-12;/h13H,3-11H2,1-2H3;1H2. The van der Waals surface area contributed by atoms with Crippen LogP contribution in [-0.4, -0.2) is 17.6 Å². The molecule has 2 nitrogen and oxygen atoms in total. The van der Waals surface area contributed by atoms with Crippen LogP contribution in [-0.2, 0) is 0 Å². The summed E-state index contributed by atoms with van der Waals surface area (Å²) in [5, 5.41) is 3.80. The van der Waals surface area contributed by atoms with Crippen LogP contribution in [0.2, 0.25) is 0 Å². The number of nitrogens with one attached hydrogen (secondary N) is 1. The number of rotatable bonds is 4. The fraction of sp³-hybridized carbons (Fsp3) is 1.00. The van der Waals surface area contributed by atoms with Crippen LogP contribution in [0, 0.1) is 0 Å². The van der Waals surface area contributed by atoms with Crippen molar-refractivity contribution >= 4 is 0 Å². The molecule has 0 atom stereocenters. The quantitative estimate of drug-likeness (QED) is 0.746. The van der Waals surface area contributed by atoms with Crippen LogP contribution in [0.4, 0.5) is 0 Å². The first-order valence-corrected chi connectivity index (χ1v) is 6.08. The average Bonchev–Trinajstić information content (AvgIpc) is 2.32. The van der Waals surface area contributed by atoms with Crippen LogP contribution in [0.15, 0.2) is 0 Å². The molecule has 0 aromatic heterocycles. The van der Waals surface area contributed by atoms with Gasteiger partial charge in [-0.05, 0) is 32.2 Å². The first-order valence-electron chi connectivity index (χ1n) is 6.08. The summed E-state index contributed by atoms with van der Waals surface area (Å²) in [6.45, 7) is 5.87. The zero-order valence-electron chi connectivity index (χ0n) is 9.86. The first kappa shape index (κ1) is 13.9. The maximum atomic E-state index is 3.80. The largest absolute Gasteiger partial charge is 0.412 e. The molecular weight excluding hydrogens is 174 g/mol. The van der Waals surface area contributed by atoms with Crippen LogP contribution < -0.4 is 5.32 Å². The molecule has 0 saturated carbocycles. The highest BCUT2D eigenvalue weighted by Crippen LogP contribution is 2.28. The molecule has 0 aromatic rings. The van der Waals surface area contributed by atoms with Gasteiger partial charge in [-0.2, -0.15) is 0 Å². The zero-order chi connectivity index (χ0) is 9.57. The topological polar surface area (TPSA) is 43.5 Å². The van der Waals surface area contributed by atoms with Crippen LogP contribution in [0.1, 0.15) is 65.2 Å². The molecule has 1 rings (SSSR count). The van der Waals surface area contributed by atoms with Gasteiger partial charge in [-0.15, -0.1) is 0 Å². The Morgan fingerprint density at radius 3 is 2.21 bits per heavy atom. The van der Waals surface area contributed by atoms with E-state index in [1.807, 2.05) is 0 Å². The Bertz CT molecular complexity index is 120. The summed E-state index contributed by atoms with van der Waals surface area (Å²) in [6, 6.07) is 0. The van der Waals surface area contributed by atoms with Gasteiger partial charge in [0.1, 0.15) is 0 Å². The Morgan fingerprint density at radius 1 is 1.00 bits per heavy atom. The molecule has 0 aromatic carbocycles. The fourth-order valence-electron chi connectivity index (χ4n) is 2.72. The van der Waals surface area contributed by atoms with Gasteiger partial charge in [-0.1, -0.05) is 39.5 Å². The molecule has 3 N–H and O–H groups in total. The van der Waals surface area contributed by atoms with E-state index in [4.69, 9.17) is 0 Å². The molecule has 1 aliphatic rings. The van der Waals surface area contributed by atoms with Gasteiger partial charge in [0.2, 0.25) is 0 Å². The molecule has 0 spiro atoms. The Hall–Kier alpha value is -0.0800. The number of hydrogen-bond donors (Lipinski definition) is 1. The van der Waals surface area contributed by atoms with Gasteiger partial charge in [0.25, 0.3) is 0 Å². The average molecular weight is 201 g/mol. The minimum Gasteiger partial charge on any atom is -0.412 e. The molecule has 1 saturated heterocycles. The predicted molar refractivity (Wildman–Crippen MR) is 62.6 cm³/mol. The van der Waals surface area contributed by atoms with Crippen LogP contribution in [0.5, 0.6) is 0 Å². The Morgan fingerprint density at radius 2 is 1.64 bits per heavy atom. The molecular formula is C12H27NO. The van der Waals surface area contributed by atoms with Gasteiger partial charge in [0, 0.05) is 5.54 Å². The van der Waals surface area contributed by atoms with Crippen LogP contribution >= 0.6 is 0 Å². The van der Waals surface area contributed by atoms with Crippen molar-refractivity contribution < 1.29 is 5.48 Å². The van der Waals surface area contributed by atoms with Crippen molar-refractivity contribution in [2.24, 2.45) is 0 Å². The van der Waals surface area contributed by atoms with Gasteiger partial charge in [-0.25, -0.2) is 0 Å². The first-order chi connectivity index (χ1) is 6.33. The van der Waals surface area contributed by atoms with Gasteiger partial charge in [-0.3, -0.25) is 0 Å². The third kappa shape index (κ3) is 3.97. The molecule has 1 heterocycles. The van der Waals surface area contributed by atoms with E-state index in [1.54, 1.807) is 0 Å². The summed E-state index contributed by atoms with van der Waals surface area (Å²) >= 11 is 0. The SMILES string of the molecule is CCCC1(CCC)CCCCCN1.O. The van der Waals surface area contributed by atoms with E-state index < -0.39 is 0 Å². The van der Waals surface area contributed by atoms with E-state index in [2.05, 4.69) is 19.2 Å². The second kappa shape index (κ2) is 7.24. The minimum atomic E-state index is 0. The summed E-state index contributed by atoms with van der Waals surface area (Å²) in [5.41, 5.74) is 0.514. The second-order valence-corrected chi connectivity index (χ2v) is 4.52. The van der Waals surface area contributed by atoms with Crippen molar-refractivity contribution in [1.29, 1.82) is 0 Å². The molecule has 0 radical (unpaired) electrons. The maximum Gasteiger partial charge on any atom is 0.0181 e. The minimum absolute atomic E-state index is 0. The third-order valence-corrected chi connectivity index (χ3v) is 3.29. The molecule has 0 bridgehead atoms. The lowest BCUT2D eigenvalue weighted by Gasteiger charge is -2.33. The number of hydrogen-bond acceptors (Lipinski definition) is 1. The lowest BCUT2D eigenvalue weighted by molar-refractivity contribution is 0.268. The van der Waals surface area contributed by atoms with E-state index in [0.717, 1.165) is 0 Å². The highest BCUT2D eigenvalue weighted by Gasteiger charge is 2.27. The van der Waals surface area contributed by atoms with E-state index in [1.165, 1.54) is 57.9 Å². The Kier molecular flexibility index (Phi) is 7.20. The van der Waals surface area contributed by atoms with Crippen LogP contribution in [0.3, 0.4) is 0 Å². The summed E-state index contributed by atoms with van der Waals surface area (Å²) in [5.74, 6) is 0. The smallest absolute Gasteiger partial charge is 0.0181 e. The summed E-state index contributed by atoms with van der Waals surface area (Å²) < 4.78 is 0. The molecule has 1 aliphatic heterocycles. The van der Waals surface area contributed by atoms with Gasteiger partial charge >= 0.3 is 0 Å². The monoisotopic (exact) mass is 201 g/mol. The zero-order valence-corrected chi connectivity index (χ0v) is 9.86. The van der Waals surface area contributed by atoms with Crippen molar-refractivity contribution in [3.63, 3.8) is 0 Å². The van der Waals surface area contributed by atoms with Crippen molar-refractivity contribution in [2.75, 3.05) is 6.54 Å². The van der Waals surface area contributed by atoms with E-state index in [9.17, 15) is 0 Å². The Labute approximate surface area is 88.8 Å². The van der Waals surface area contributed by atoms with Crippen molar-refractivity contribution in [2.45, 2.75) is 70.8 Å². The normalized spacial score (nSPS) is 21.0. The molecule has 0 amide bonds. The molecule has 0 aliphatic carbocycles. The molecule has 86 valence electrons. The van der Waals surface area contributed by atoms with E-state index in [0.29, 0.717) is 5.54 Å².